The summed E-state index contributed by atoms with van der Waals surface area (Å²) in [6, 6.07) is 0. The quantitative estimate of drug-likeness (QED) is 0.795. The van der Waals surface area contributed by atoms with Crippen LogP contribution in [0.5, 0.6) is 0 Å². The van der Waals surface area contributed by atoms with E-state index in [1.165, 1.54) is 38.5 Å². The van der Waals surface area contributed by atoms with Crippen LogP contribution in [0.2, 0.25) is 0 Å². The molecular weight excluding hydrogens is 212 g/mol. The van der Waals surface area contributed by atoms with Crippen LogP contribution in [0.25, 0.3) is 0 Å². The van der Waals surface area contributed by atoms with Crippen LogP contribution < -0.4 is 5.32 Å². The maximum atomic E-state index is 12.0. The molecule has 1 heterocycles. The summed E-state index contributed by atoms with van der Waals surface area (Å²) in [7, 11) is 1.97. The van der Waals surface area contributed by atoms with Crippen LogP contribution in [0.4, 0.5) is 0 Å². The molecule has 1 N–H and O–H groups in total. The van der Waals surface area contributed by atoms with Crippen LogP contribution in [-0.4, -0.2) is 37.5 Å². The Hall–Kier alpha value is -0.570. The van der Waals surface area contributed by atoms with Gasteiger partial charge in [0.2, 0.25) is 5.91 Å². The van der Waals surface area contributed by atoms with Gasteiger partial charge in [-0.3, -0.25) is 4.79 Å². The fourth-order valence-electron chi connectivity index (χ4n) is 2.78. The molecule has 0 aromatic carbocycles. The van der Waals surface area contributed by atoms with Gasteiger partial charge >= 0.3 is 0 Å². The summed E-state index contributed by atoms with van der Waals surface area (Å²) >= 11 is 0. The van der Waals surface area contributed by atoms with E-state index in [4.69, 9.17) is 0 Å². The molecule has 17 heavy (non-hydrogen) atoms. The highest BCUT2D eigenvalue weighted by Gasteiger charge is 2.21. The number of piperidine rings is 1. The van der Waals surface area contributed by atoms with E-state index >= 15 is 0 Å². The van der Waals surface area contributed by atoms with E-state index in [2.05, 4.69) is 5.32 Å². The number of nitrogens with one attached hydrogen (secondary N) is 1. The topological polar surface area (TPSA) is 32.3 Å². The highest BCUT2D eigenvalue weighted by Crippen LogP contribution is 2.29. The highest BCUT2D eigenvalue weighted by molar-refractivity contribution is 5.76. The smallest absolute Gasteiger partial charge is 0.222 e. The van der Waals surface area contributed by atoms with Crippen molar-refractivity contribution in [2.75, 3.05) is 26.7 Å². The van der Waals surface area contributed by atoms with Crippen molar-refractivity contribution in [3.05, 3.63) is 0 Å². The Morgan fingerprint density at radius 2 is 2.00 bits per heavy atom. The van der Waals surface area contributed by atoms with Crippen LogP contribution in [0.3, 0.4) is 0 Å². The van der Waals surface area contributed by atoms with E-state index in [0.29, 0.717) is 11.8 Å². The Morgan fingerprint density at radius 3 is 2.59 bits per heavy atom. The van der Waals surface area contributed by atoms with Crippen LogP contribution >= 0.6 is 0 Å². The second kappa shape index (κ2) is 6.39. The first-order valence-corrected chi connectivity index (χ1v) is 7.20. The zero-order chi connectivity index (χ0) is 12.1. The summed E-state index contributed by atoms with van der Waals surface area (Å²) in [5, 5.41) is 3.38. The lowest BCUT2D eigenvalue weighted by molar-refractivity contribution is -0.131. The van der Waals surface area contributed by atoms with Crippen molar-refractivity contribution in [3.63, 3.8) is 0 Å². The maximum Gasteiger partial charge on any atom is 0.222 e. The molecule has 2 rings (SSSR count). The molecule has 3 heteroatoms. The Kier molecular flexibility index (Phi) is 4.84. The molecule has 1 saturated carbocycles. The van der Waals surface area contributed by atoms with Crippen molar-refractivity contribution >= 4 is 5.91 Å². The van der Waals surface area contributed by atoms with Gasteiger partial charge in [-0.15, -0.1) is 0 Å². The van der Waals surface area contributed by atoms with Gasteiger partial charge in [-0.1, -0.05) is 19.3 Å². The molecule has 0 bridgehead atoms. The lowest BCUT2D eigenvalue weighted by Crippen LogP contribution is -2.36. The largest absolute Gasteiger partial charge is 0.346 e. The Balaban J connectivity index is 1.63. The Bertz CT molecular complexity index is 245. The Morgan fingerprint density at radius 1 is 1.24 bits per heavy atom. The van der Waals surface area contributed by atoms with Crippen molar-refractivity contribution in [1.29, 1.82) is 0 Å². The van der Waals surface area contributed by atoms with Gasteiger partial charge in [0.1, 0.15) is 0 Å². The van der Waals surface area contributed by atoms with Crippen molar-refractivity contribution in [2.45, 2.75) is 44.9 Å². The summed E-state index contributed by atoms with van der Waals surface area (Å²) in [5.74, 6) is 1.82. The predicted octanol–water partition coefficient (Wildman–Crippen LogP) is 2.02. The fourth-order valence-corrected chi connectivity index (χ4v) is 2.78. The van der Waals surface area contributed by atoms with Crippen molar-refractivity contribution in [3.8, 4) is 0 Å². The van der Waals surface area contributed by atoms with Gasteiger partial charge in [-0.05, 0) is 44.2 Å². The predicted molar refractivity (Wildman–Crippen MR) is 69.8 cm³/mol. The SMILES string of the molecule is CN(CCC1CCC1)C(=O)CC1CCCNC1. The third-order valence-corrected chi connectivity index (χ3v) is 4.39. The van der Waals surface area contributed by atoms with Gasteiger partial charge in [0.05, 0.1) is 0 Å². The lowest BCUT2D eigenvalue weighted by Gasteiger charge is -2.29. The molecule has 1 atom stereocenters. The average Bonchev–Trinajstić information content (AvgIpc) is 2.28. The van der Waals surface area contributed by atoms with Gasteiger partial charge in [0, 0.05) is 20.0 Å². The van der Waals surface area contributed by atoms with Gasteiger partial charge in [0.25, 0.3) is 0 Å². The average molecular weight is 238 g/mol. The standard InChI is InChI=1S/C14H26N2O/c1-16(9-7-12-4-2-5-12)14(17)10-13-6-3-8-15-11-13/h12-13,15H,2-11H2,1H3. The molecule has 1 aliphatic carbocycles. The van der Waals surface area contributed by atoms with Gasteiger partial charge in [-0.2, -0.15) is 0 Å². The van der Waals surface area contributed by atoms with Crippen LogP contribution in [0.1, 0.15) is 44.9 Å². The number of rotatable bonds is 5. The molecule has 0 aromatic rings. The van der Waals surface area contributed by atoms with E-state index in [0.717, 1.165) is 32.0 Å². The van der Waals surface area contributed by atoms with E-state index in [1.54, 1.807) is 0 Å². The third kappa shape index (κ3) is 3.98. The number of amides is 1. The van der Waals surface area contributed by atoms with Crippen molar-refractivity contribution < 1.29 is 4.79 Å². The van der Waals surface area contributed by atoms with Crippen LogP contribution in [0, 0.1) is 11.8 Å². The summed E-state index contributed by atoms with van der Waals surface area (Å²) < 4.78 is 0. The molecule has 3 nitrogen and oxygen atoms in total. The molecule has 2 fully saturated rings. The zero-order valence-corrected chi connectivity index (χ0v) is 11.1. The normalized spacial score (nSPS) is 25.4. The minimum absolute atomic E-state index is 0.345. The van der Waals surface area contributed by atoms with E-state index in [9.17, 15) is 4.79 Å². The first-order valence-electron chi connectivity index (χ1n) is 7.20. The zero-order valence-electron chi connectivity index (χ0n) is 11.1. The lowest BCUT2D eigenvalue weighted by atomic mass is 9.83. The minimum Gasteiger partial charge on any atom is -0.346 e. The highest BCUT2D eigenvalue weighted by atomic mass is 16.2. The molecule has 1 amide bonds. The molecule has 1 unspecified atom stereocenters. The monoisotopic (exact) mass is 238 g/mol. The molecular formula is C14H26N2O. The van der Waals surface area contributed by atoms with Gasteiger partial charge in [-0.25, -0.2) is 0 Å². The molecule has 2 aliphatic rings. The summed E-state index contributed by atoms with van der Waals surface area (Å²) in [5.41, 5.74) is 0. The maximum absolute atomic E-state index is 12.0. The summed E-state index contributed by atoms with van der Waals surface area (Å²) in [6.45, 7) is 3.12. The van der Waals surface area contributed by atoms with Crippen LogP contribution in [-0.2, 0) is 4.79 Å². The summed E-state index contributed by atoms with van der Waals surface area (Å²) in [4.78, 5) is 14.0. The summed E-state index contributed by atoms with van der Waals surface area (Å²) in [6.07, 6.45) is 8.57. The molecule has 98 valence electrons. The third-order valence-electron chi connectivity index (χ3n) is 4.39. The Labute approximate surface area is 105 Å². The van der Waals surface area contributed by atoms with Crippen molar-refractivity contribution in [1.82, 2.24) is 10.2 Å². The second-order valence-corrected chi connectivity index (χ2v) is 5.82. The minimum atomic E-state index is 0.345. The number of carbonyl (C=O) groups is 1. The number of nitrogens with zero attached hydrogens (tertiary/aromatic N) is 1. The number of carbonyl (C=O) groups excluding carboxylic acids is 1. The molecule has 0 aromatic heterocycles. The molecule has 1 aliphatic heterocycles. The first-order chi connectivity index (χ1) is 8.25. The fraction of sp³-hybridized carbons (Fsp3) is 0.929. The molecule has 0 radical (unpaired) electrons. The van der Waals surface area contributed by atoms with E-state index in [-0.39, 0.29) is 0 Å². The second-order valence-electron chi connectivity index (χ2n) is 5.82. The van der Waals surface area contributed by atoms with Crippen LogP contribution in [0.15, 0.2) is 0 Å². The van der Waals surface area contributed by atoms with E-state index in [1.807, 2.05) is 11.9 Å². The number of hydrogen-bond acceptors (Lipinski definition) is 2. The van der Waals surface area contributed by atoms with Gasteiger partial charge < -0.3 is 10.2 Å². The van der Waals surface area contributed by atoms with E-state index < -0.39 is 0 Å². The number of hydrogen-bond donors (Lipinski definition) is 1. The van der Waals surface area contributed by atoms with Crippen molar-refractivity contribution in [2.24, 2.45) is 11.8 Å². The molecule has 1 saturated heterocycles. The first kappa shape index (κ1) is 12.9. The van der Waals surface area contributed by atoms with Gasteiger partial charge in [0.15, 0.2) is 0 Å². The molecule has 0 spiro atoms.